The molecule has 0 saturated carbocycles. The number of rotatable bonds is 2. The minimum atomic E-state index is -0.387. The normalized spacial score (nSPS) is 10.3. The van der Waals surface area contributed by atoms with Crippen LogP contribution in [0.25, 0.3) is 0 Å². The van der Waals surface area contributed by atoms with Crippen LogP contribution in [0.3, 0.4) is 0 Å². The average molecular weight is 361 g/mol. The predicted molar refractivity (Wildman–Crippen MR) is 72.7 cm³/mol. The van der Waals surface area contributed by atoms with Gasteiger partial charge in [-0.2, -0.15) is 0 Å². The maximum absolute atomic E-state index is 13.1. The Bertz CT molecular complexity index is 560. The standard InChI is InChI=1S/C12H8Br2FNO/c13-7-1-4-11(9(14)5-7)17-12-6-8(15)2-3-10(12)16/h1-6H,16H2. The molecule has 0 unspecified atom stereocenters. The third-order valence-corrected chi connectivity index (χ3v) is 3.20. The smallest absolute Gasteiger partial charge is 0.153 e. The number of ether oxygens (including phenoxy) is 1. The van der Waals surface area contributed by atoms with Gasteiger partial charge in [-0.15, -0.1) is 0 Å². The highest BCUT2D eigenvalue weighted by atomic mass is 79.9. The van der Waals surface area contributed by atoms with Crippen LogP contribution in [-0.4, -0.2) is 0 Å². The van der Waals surface area contributed by atoms with E-state index in [9.17, 15) is 4.39 Å². The lowest BCUT2D eigenvalue weighted by molar-refractivity contribution is 0.476. The average Bonchev–Trinajstić information content (AvgIpc) is 2.27. The van der Waals surface area contributed by atoms with Crippen molar-refractivity contribution in [1.29, 1.82) is 0 Å². The Hall–Kier alpha value is -1.07. The van der Waals surface area contributed by atoms with Crippen LogP contribution in [0.2, 0.25) is 0 Å². The minimum Gasteiger partial charge on any atom is -0.454 e. The summed E-state index contributed by atoms with van der Waals surface area (Å²) in [5.41, 5.74) is 6.09. The number of hydrogen-bond acceptors (Lipinski definition) is 2. The summed E-state index contributed by atoms with van der Waals surface area (Å²) in [6.45, 7) is 0. The first-order chi connectivity index (χ1) is 8.06. The first kappa shape index (κ1) is 12.4. The molecule has 0 saturated heterocycles. The molecule has 2 nitrogen and oxygen atoms in total. The van der Waals surface area contributed by atoms with Crippen molar-refractivity contribution in [2.45, 2.75) is 0 Å². The van der Waals surface area contributed by atoms with Gasteiger partial charge in [-0.3, -0.25) is 0 Å². The van der Waals surface area contributed by atoms with Crippen molar-refractivity contribution in [2.75, 3.05) is 5.73 Å². The van der Waals surface area contributed by atoms with E-state index in [1.165, 1.54) is 18.2 Å². The lowest BCUT2D eigenvalue weighted by Gasteiger charge is -2.10. The molecule has 0 radical (unpaired) electrons. The van der Waals surface area contributed by atoms with Gasteiger partial charge in [0, 0.05) is 10.5 Å². The number of halogens is 3. The molecule has 17 heavy (non-hydrogen) atoms. The van der Waals surface area contributed by atoms with Gasteiger partial charge in [-0.05, 0) is 46.3 Å². The van der Waals surface area contributed by atoms with Crippen molar-refractivity contribution in [3.05, 3.63) is 51.2 Å². The number of benzene rings is 2. The Kier molecular flexibility index (Phi) is 3.69. The molecule has 2 aromatic carbocycles. The van der Waals surface area contributed by atoms with Gasteiger partial charge in [0.2, 0.25) is 0 Å². The Morgan fingerprint density at radius 2 is 1.76 bits per heavy atom. The fraction of sp³-hybridized carbons (Fsp3) is 0. The molecule has 2 rings (SSSR count). The van der Waals surface area contributed by atoms with Gasteiger partial charge in [0.1, 0.15) is 11.6 Å². The van der Waals surface area contributed by atoms with E-state index in [0.29, 0.717) is 17.2 Å². The van der Waals surface area contributed by atoms with Crippen molar-refractivity contribution < 1.29 is 9.13 Å². The Labute approximate surface area is 115 Å². The van der Waals surface area contributed by atoms with Gasteiger partial charge in [0.05, 0.1) is 10.2 Å². The third-order valence-electron chi connectivity index (χ3n) is 2.09. The van der Waals surface area contributed by atoms with Crippen LogP contribution in [0.1, 0.15) is 0 Å². The molecule has 0 fully saturated rings. The Balaban J connectivity index is 2.34. The second-order valence-electron chi connectivity index (χ2n) is 3.36. The van der Waals surface area contributed by atoms with Crippen LogP contribution >= 0.6 is 31.9 Å². The second kappa shape index (κ2) is 5.06. The molecule has 0 heterocycles. The molecule has 0 aromatic heterocycles. The molecule has 2 N–H and O–H groups in total. The van der Waals surface area contributed by atoms with E-state index in [4.69, 9.17) is 10.5 Å². The Morgan fingerprint density at radius 1 is 1.00 bits per heavy atom. The van der Waals surface area contributed by atoms with E-state index >= 15 is 0 Å². The fourth-order valence-electron chi connectivity index (χ4n) is 1.27. The summed E-state index contributed by atoms with van der Waals surface area (Å²) in [6.07, 6.45) is 0. The monoisotopic (exact) mass is 359 g/mol. The summed E-state index contributed by atoms with van der Waals surface area (Å²) < 4.78 is 20.3. The van der Waals surface area contributed by atoms with Gasteiger partial charge in [-0.25, -0.2) is 4.39 Å². The third kappa shape index (κ3) is 2.98. The number of nitrogens with two attached hydrogens (primary N) is 1. The quantitative estimate of drug-likeness (QED) is 0.786. The SMILES string of the molecule is Nc1ccc(F)cc1Oc1ccc(Br)cc1Br. The van der Waals surface area contributed by atoms with E-state index in [2.05, 4.69) is 31.9 Å². The maximum Gasteiger partial charge on any atom is 0.153 e. The first-order valence-corrected chi connectivity index (χ1v) is 6.33. The van der Waals surface area contributed by atoms with Crippen LogP contribution in [0.15, 0.2) is 45.3 Å². The van der Waals surface area contributed by atoms with Crippen molar-refractivity contribution in [3.8, 4) is 11.5 Å². The van der Waals surface area contributed by atoms with Gasteiger partial charge < -0.3 is 10.5 Å². The highest BCUT2D eigenvalue weighted by Crippen LogP contribution is 2.34. The number of anilines is 1. The van der Waals surface area contributed by atoms with Crippen molar-refractivity contribution >= 4 is 37.5 Å². The molecule has 0 aliphatic carbocycles. The van der Waals surface area contributed by atoms with E-state index in [1.807, 2.05) is 12.1 Å². The molecule has 88 valence electrons. The van der Waals surface area contributed by atoms with Crippen molar-refractivity contribution in [3.63, 3.8) is 0 Å². The number of nitrogen functional groups attached to an aromatic ring is 1. The maximum atomic E-state index is 13.1. The van der Waals surface area contributed by atoms with Crippen LogP contribution in [0.5, 0.6) is 11.5 Å². The number of hydrogen-bond donors (Lipinski definition) is 1. The predicted octanol–water partition coefficient (Wildman–Crippen LogP) is 4.73. The molecule has 0 amide bonds. The van der Waals surface area contributed by atoms with Crippen LogP contribution in [-0.2, 0) is 0 Å². The summed E-state index contributed by atoms with van der Waals surface area (Å²) in [5.74, 6) is 0.487. The molecule has 0 aliphatic rings. The Morgan fingerprint density at radius 3 is 2.47 bits per heavy atom. The molecule has 0 spiro atoms. The van der Waals surface area contributed by atoms with E-state index in [-0.39, 0.29) is 5.82 Å². The van der Waals surface area contributed by atoms with Crippen molar-refractivity contribution in [2.24, 2.45) is 0 Å². The molecule has 0 atom stereocenters. The molecule has 2 aromatic rings. The van der Waals surface area contributed by atoms with Crippen LogP contribution in [0.4, 0.5) is 10.1 Å². The van der Waals surface area contributed by atoms with Gasteiger partial charge in [0.15, 0.2) is 5.75 Å². The minimum absolute atomic E-state index is 0.299. The van der Waals surface area contributed by atoms with E-state index < -0.39 is 0 Å². The van der Waals surface area contributed by atoms with Crippen LogP contribution < -0.4 is 10.5 Å². The van der Waals surface area contributed by atoms with Gasteiger partial charge >= 0.3 is 0 Å². The summed E-state index contributed by atoms with van der Waals surface area (Å²) in [4.78, 5) is 0. The highest BCUT2D eigenvalue weighted by Gasteiger charge is 2.07. The lowest BCUT2D eigenvalue weighted by atomic mass is 10.3. The molecule has 0 aliphatic heterocycles. The molecular formula is C12H8Br2FNO. The zero-order chi connectivity index (χ0) is 12.4. The second-order valence-corrected chi connectivity index (χ2v) is 5.13. The molecule has 5 heteroatoms. The largest absolute Gasteiger partial charge is 0.454 e. The zero-order valence-electron chi connectivity index (χ0n) is 8.58. The topological polar surface area (TPSA) is 35.2 Å². The van der Waals surface area contributed by atoms with E-state index in [1.54, 1.807) is 6.07 Å². The lowest BCUT2D eigenvalue weighted by Crippen LogP contribution is -1.93. The highest BCUT2D eigenvalue weighted by molar-refractivity contribution is 9.11. The summed E-state index contributed by atoms with van der Waals surface area (Å²) in [6, 6.07) is 9.44. The van der Waals surface area contributed by atoms with E-state index in [0.717, 1.165) is 8.95 Å². The van der Waals surface area contributed by atoms with Gasteiger partial charge in [0.25, 0.3) is 0 Å². The fourth-order valence-corrected chi connectivity index (χ4v) is 2.40. The molecular weight excluding hydrogens is 353 g/mol. The summed E-state index contributed by atoms with van der Waals surface area (Å²) in [7, 11) is 0. The summed E-state index contributed by atoms with van der Waals surface area (Å²) >= 11 is 6.70. The van der Waals surface area contributed by atoms with Gasteiger partial charge in [-0.1, -0.05) is 15.9 Å². The summed E-state index contributed by atoms with van der Waals surface area (Å²) in [5, 5.41) is 0. The van der Waals surface area contributed by atoms with Crippen molar-refractivity contribution in [1.82, 2.24) is 0 Å². The van der Waals surface area contributed by atoms with Crippen LogP contribution in [0, 0.1) is 5.82 Å². The first-order valence-electron chi connectivity index (χ1n) is 4.74. The zero-order valence-corrected chi connectivity index (χ0v) is 11.8. The molecule has 0 bridgehead atoms.